The zero-order valence-electron chi connectivity index (χ0n) is 13.6. The smallest absolute Gasteiger partial charge is 0.223 e. The lowest BCUT2D eigenvalue weighted by molar-refractivity contribution is -0.132. The van der Waals surface area contributed by atoms with E-state index in [0.29, 0.717) is 6.42 Å². The maximum Gasteiger partial charge on any atom is 0.223 e. The molecular formula is C17H27N3O2. The van der Waals surface area contributed by atoms with Crippen LogP contribution in [0.2, 0.25) is 0 Å². The van der Waals surface area contributed by atoms with E-state index in [2.05, 4.69) is 24.1 Å². The van der Waals surface area contributed by atoms with Gasteiger partial charge in [0.15, 0.2) is 0 Å². The predicted octanol–water partition coefficient (Wildman–Crippen LogP) is 1.60. The number of carbonyl (C=O) groups is 1. The van der Waals surface area contributed by atoms with Crippen molar-refractivity contribution in [1.82, 2.24) is 15.1 Å². The summed E-state index contributed by atoms with van der Waals surface area (Å²) < 4.78 is 0. The Labute approximate surface area is 132 Å². The van der Waals surface area contributed by atoms with E-state index in [1.54, 1.807) is 12.1 Å². The summed E-state index contributed by atoms with van der Waals surface area (Å²) in [6.07, 6.45) is 0.553. The molecule has 0 saturated carbocycles. The van der Waals surface area contributed by atoms with Gasteiger partial charge in [0.05, 0.1) is 0 Å². The second-order valence-corrected chi connectivity index (χ2v) is 5.78. The molecule has 0 aliphatic carbocycles. The molecule has 1 heterocycles. The number of hydrogen-bond acceptors (Lipinski definition) is 4. The van der Waals surface area contributed by atoms with Gasteiger partial charge < -0.3 is 15.3 Å². The molecule has 122 valence electrons. The third kappa shape index (κ3) is 4.45. The Bertz CT molecular complexity index is 487. The van der Waals surface area contributed by atoms with Crippen molar-refractivity contribution < 1.29 is 9.90 Å². The van der Waals surface area contributed by atoms with Crippen LogP contribution in [0, 0.1) is 0 Å². The average Bonchev–Trinajstić information content (AvgIpc) is 2.55. The predicted molar refractivity (Wildman–Crippen MR) is 87.8 cm³/mol. The van der Waals surface area contributed by atoms with Gasteiger partial charge >= 0.3 is 0 Å². The summed E-state index contributed by atoms with van der Waals surface area (Å²) in [7, 11) is 0. The second kappa shape index (κ2) is 8.15. The van der Waals surface area contributed by atoms with Gasteiger partial charge in [-0.1, -0.05) is 19.1 Å². The molecule has 0 bridgehead atoms. The quantitative estimate of drug-likeness (QED) is 0.838. The van der Waals surface area contributed by atoms with Crippen LogP contribution in [-0.2, 0) is 4.79 Å². The highest BCUT2D eigenvalue weighted by Gasteiger charge is 2.19. The van der Waals surface area contributed by atoms with Crippen molar-refractivity contribution in [2.45, 2.75) is 26.3 Å². The molecule has 1 aromatic carbocycles. The molecule has 5 nitrogen and oxygen atoms in total. The molecule has 1 atom stereocenters. The molecule has 22 heavy (non-hydrogen) atoms. The Hall–Kier alpha value is -1.59. The molecule has 2 rings (SSSR count). The Kier molecular flexibility index (Phi) is 6.21. The van der Waals surface area contributed by atoms with Gasteiger partial charge in [-0.25, -0.2) is 0 Å². The molecule has 0 radical (unpaired) electrons. The van der Waals surface area contributed by atoms with Gasteiger partial charge in [-0.2, -0.15) is 0 Å². The lowest BCUT2D eigenvalue weighted by atomic mass is 10.1. The first kappa shape index (κ1) is 16.8. The van der Waals surface area contributed by atoms with Crippen molar-refractivity contribution in [2.75, 3.05) is 39.3 Å². The van der Waals surface area contributed by atoms with Crippen molar-refractivity contribution in [3.8, 4) is 5.75 Å². The van der Waals surface area contributed by atoms with Crippen LogP contribution in [-0.4, -0.2) is 60.1 Å². The number of hydrogen-bond donors (Lipinski definition) is 2. The fourth-order valence-electron chi connectivity index (χ4n) is 2.93. The number of phenols is 1. The van der Waals surface area contributed by atoms with Gasteiger partial charge in [-0.3, -0.25) is 9.69 Å². The van der Waals surface area contributed by atoms with Gasteiger partial charge in [0.2, 0.25) is 5.91 Å². The summed E-state index contributed by atoms with van der Waals surface area (Å²) in [6.45, 7) is 9.26. The Morgan fingerprint density at radius 2 is 2.14 bits per heavy atom. The highest BCUT2D eigenvalue weighted by Crippen LogP contribution is 2.23. The van der Waals surface area contributed by atoms with Crippen LogP contribution in [0.25, 0.3) is 0 Å². The van der Waals surface area contributed by atoms with E-state index in [1.165, 1.54) is 0 Å². The van der Waals surface area contributed by atoms with Crippen LogP contribution in [0.5, 0.6) is 5.75 Å². The average molecular weight is 305 g/mol. The Balaban J connectivity index is 1.89. The number of carbonyl (C=O) groups excluding carboxylic acids is 1. The van der Waals surface area contributed by atoms with E-state index in [1.807, 2.05) is 17.0 Å². The van der Waals surface area contributed by atoms with Crippen LogP contribution >= 0.6 is 0 Å². The standard InChI is InChI=1S/C17H27N3O2/c1-3-19(14(2)15-5-4-6-16(21)13-15)10-7-17(22)20-11-8-18-9-12-20/h4-6,13-14,18,21H,3,7-12H2,1-2H3. The van der Waals surface area contributed by atoms with E-state index in [9.17, 15) is 9.90 Å². The first-order chi connectivity index (χ1) is 10.6. The van der Waals surface area contributed by atoms with Crippen molar-refractivity contribution in [2.24, 2.45) is 0 Å². The van der Waals surface area contributed by atoms with Crippen LogP contribution < -0.4 is 5.32 Å². The molecule has 1 unspecified atom stereocenters. The van der Waals surface area contributed by atoms with Crippen LogP contribution in [0.3, 0.4) is 0 Å². The Morgan fingerprint density at radius 3 is 2.77 bits per heavy atom. The van der Waals surface area contributed by atoms with E-state index >= 15 is 0 Å². The normalized spacial score (nSPS) is 16.8. The molecular weight excluding hydrogens is 278 g/mol. The summed E-state index contributed by atoms with van der Waals surface area (Å²) in [6, 6.07) is 7.55. The van der Waals surface area contributed by atoms with E-state index in [0.717, 1.165) is 44.8 Å². The van der Waals surface area contributed by atoms with E-state index < -0.39 is 0 Å². The number of nitrogens with zero attached hydrogens (tertiary/aromatic N) is 2. The van der Waals surface area contributed by atoms with Gasteiger partial charge in [0, 0.05) is 45.2 Å². The zero-order chi connectivity index (χ0) is 15.9. The lowest BCUT2D eigenvalue weighted by Crippen LogP contribution is -2.47. The minimum Gasteiger partial charge on any atom is -0.508 e. The van der Waals surface area contributed by atoms with Crippen molar-refractivity contribution >= 4 is 5.91 Å². The summed E-state index contributed by atoms with van der Waals surface area (Å²) in [5.74, 6) is 0.528. The molecule has 0 spiro atoms. The van der Waals surface area contributed by atoms with Crippen molar-refractivity contribution in [1.29, 1.82) is 0 Å². The molecule has 0 aromatic heterocycles. The van der Waals surface area contributed by atoms with Crippen LogP contribution in [0.4, 0.5) is 0 Å². The van der Waals surface area contributed by atoms with Gasteiger partial charge in [-0.05, 0) is 31.2 Å². The minimum absolute atomic E-state index is 0.188. The summed E-state index contributed by atoms with van der Waals surface area (Å²) in [5, 5.41) is 12.9. The largest absolute Gasteiger partial charge is 0.508 e. The minimum atomic E-state index is 0.188. The molecule has 1 aromatic rings. The number of benzene rings is 1. The number of nitrogens with one attached hydrogen (secondary N) is 1. The maximum atomic E-state index is 12.3. The van der Waals surface area contributed by atoms with E-state index in [4.69, 9.17) is 0 Å². The van der Waals surface area contributed by atoms with E-state index in [-0.39, 0.29) is 17.7 Å². The SMILES string of the molecule is CCN(CCC(=O)N1CCNCC1)C(C)c1cccc(O)c1. The third-order valence-electron chi connectivity index (χ3n) is 4.39. The van der Waals surface area contributed by atoms with Gasteiger partial charge in [0.25, 0.3) is 0 Å². The number of rotatable bonds is 6. The third-order valence-corrected chi connectivity index (χ3v) is 4.39. The maximum absolute atomic E-state index is 12.3. The highest BCUT2D eigenvalue weighted by molar-refractivity contribution is 5.76. The first-order valence-corrected chi connectivity index (χ1v) is 8.13. The van der Waals surface area contributed by atoms with Crippen molar-refractivity contribution in [3.63, 3.8) is 0 Å². The van der Waals surface area contributed by atoms with Crippen LogP contribution in [0.1, 0.15) is 31.9 Å². The first-order valence-electron chi connectivity index (χ1n) is 8.13. The lowest BCUT2D eigenvalue weighted by Gasteiger charge is -2.31. The topological polar surface area (TPSA) is 55.8 Å². The molecule has 1 saturated heterocycles. The number of amides is 1. The molecule has 1 aliphatic rings. The van der Waals surface area contributed by atoms with Crippen LogP contribution in [0.15, 0.2) is 24.3 Å². The highest BCUT2D eigenvalue weighted by atomic mass is 16.3. The summed E-state index contributed by atoms with van der Waals surface area (Å²) in [4.78, 5) is 16.5. The molecule has 1 fully saturated rings. The number of piperazine rings is 1. The molecule has 1 aliphatic heterocycles. The molecule has 5 heteroatoms. The monoisotopic (exact) mass is 305 g/mol. The van der Waals surface area contributed by atoms with Gasteiger partial charge in [0.1, 0.15) is 5.75 Å². The second-order valence-electron chi connectivity index (χ2n) is 5.78. The number of aromatic hydroxyl groups is 1. The van der Waals surface area contributed by atoms with Gasteiger partial charge in [-0.15, -0.1) is 0 Å². The summed E-state index contributed by atoms with van der Waals surface area (Å²) in [5.41, 5.74) is 1.08. The fraction of sp³-hybridized carbons (Fsp3) is 0.588. The van der Waals surface area contributed by atoms with Crippen molar-refractivity contribution in [3.05, 3.63) is 29.8 Å². The molecule has 1 amide bonds. The Morgan fingerprint density at radius 1 is 1.41 bits per heavy atom. The zero-order valence-corrected chi connectivity index (χ0v) is 13.6. The number of phenolic OH excluding ortho intramolecular Hbond substituents is 1. The summed E-state index contributed by atoms with van der Waals surface area (Å²) >= 11 is 0. The fourth-order valence-corrected chi connectivity index (χ4v) is 2.93. The molecule has 2 N–H and O–H groups in total.